The molecule has 1 fully saturated rings. The van der Waals surface area contributed by atoms with E-state index in [2.05, 4.69) is 26.0 Å². The van der Waals surface area contributed by atoms with Gasteiger partial charge in [0, 0.05) is 7.11 Å². The molecule has 1 N–H and O–H groups in total. The SMILES string of the molecule is COC1CCCCC1(O)c1ccc(C)c(C)c1. The number of benzene rings is 1. The smallest absolute Gasteiger partial charge is 0.116 e. The molecule has 94 valence electrons. The van der Waals surface area contributed by atoms with Crippen LogP contribution in [0.4, 0.5) is 0 Å². The average molecular weight is 234 g/mol. The van der Waals surface area contributed by atoms with Gasteiger partial charge in [-0.15, -0.1) is 0 Å². The lowest BCUT2D eigenvalue weighted by Gasteiger charge is -2.39. The van der Waals surface area contributed by atoms with E-state index >= 15 is 0 Å². The summed E-state index contributed by atoms with van der Waals surface area (Å²) in [6.07, 6.45) is 3.89. The first-order valence-corrected chi connectivity index (χ1v) is 6.41. The van der Waals surface area contributed by atoms with Gasteiger partial charge in [-0.25, -0.2) is 0 Å². The second kappa shape index (κ2) is 4.79. The van der Waals surface area contributed by atoms with E-state index in [1.807, 2.05) is 6.07 Å². The van der Waals surface area contributed by atoms with Crippen molar-refractivity contribution in [1.82, 2.24) is 0 Å². The summed E-state index contributed by atoms with van der Waals surface area (Å²) in [5, 5.41) is 10.9. The van der Waals surface area contributed by atoms with E-state index in [0.717, 1.165) is 31.2 Å². The maximum absolute atomic E-state index is 10.9. The third-order valence-corrected chi connectivity index (χ3v) is 4.10. The lowest BCUT2D eigenvalue weighted by Crippen LogP contribution is -2.43. The predicted octanol–water partition coefficient (Wildman–Crippen LogP) is 3.08. The second-order valence-electron chi connectivity index (χ2n) is 5.19. The van der Waals surface area contributed by atoms with Crippen molar-refractivity contribution >= 4 is 0 Å². The summed E-state index contributed by atoms with van der Waals surface area (Å²) in [5.74, 6) is 0. The molecule has 1 saturated carbocycles. The van der Waals surface area contributed by atoms with Crippen molar-refractivity contribution < 1.29 is 9.84 Å². The third-order valence-electron chi connectivity index (χ3n) is 4.10. The molecule has 1 aliphatic carbocycles. The summed E-state index contributed by atoms with van der Waals surface area (Å²) in [7, 11) is 1.70. The van der Waals surface area contributed by atoms with Crippen LogP contribution in [0.1, 0.15) is 42.4 Å². The van der Waals surface area contributed by atoms with Gasteiger partial charge in [0.25, 0.3) is 0 Å². The van der Waals surface area contributed by atoms with Crippen LogP contribution >= 0.6 is 0 Å². The van der Waals surface area contributed by atoms with E-state index in [0.29, 0.717) is 0 Å². The van der Waals surface area contributed by atoms with Crippen LogP contribution in [0.3, 0.4) is 0 Å². The second-order valence-corrected chi connectivity index (χ2v) is 5.19. The van der Waals surface area contributed by atoms with Gasteiger partial charge in [-0.1, -0.05) is 31.0 Å². The molecule has 2 unspecified atom stereocenters. The van der Waals surface area contributed by atoms with E-state index in [1.165, 1.54) is 11.1 Å². The zero-order valence-electron chi connectivity index (χ0n) is 11.0. The molecule has 0 saturated heterocycles. The monoisotopic (exact) mass is 234 g/mol. The molecular formula is C15H22O2. The van der Waals surface area contributed by atoms with Gasteiger partial charge < -0.3 is 9.84 Å². The molecule has 1 aromatic rings. The summed E-state index contributed by atoms with van der Waals surface area (Å²) in [6.45, 7) is 4.19. The normalized spacial score (nSPS) is 29.3. The number of aryl methyl sites for hydroxylation is 2. The van der Waals surface area contributed by atoms with Gasteiger partial charge in [0.2, 0.25) is 0 Å². The lowest BCUT2D eigenvalue weighted by molar-refractivity contribution is -0.122. The molecule has 1 aliphatic rings. The van der Waals surface area contributed by atoms with Crippen LogP contribution in [-0.2, 0) is 10.3 Å². The maximum atomic E-state index is 10.9. The maximum Gasteiger partial charge on any atom is 0.116 e. The molecule has 2 atom stereocenters. The Morgan fingerprint density at radius 2 is 2.00 bits per heavy atom. The van der Waals surface area contributed by atoms with E-state index in [1.54, 1.807) is 7.11 Å². The van der Waals surface area contributed by atoms with Crippen LogP contribution in [0.2, 0.25) is 0 Å². The Hall–Kier alpha value is -0.860. The van der Waals surface area contributed by atoms with Crippen molar-refractivity contribution in [1.29, 1.82) is 0 Å². The standard InChI is InChI=1S/C15H22O2/c1-11-7-8-13(10-12(11)2)15(16)9-5-4-6-14(15)17-3/h7-8,10,14,16H,4-6,9H2,1-3H3. The van der Waals surface area contributed by atoms with Crippen molar-refractivity contribution in [3.63, 3.8) is 0 Å². The van der Waals surface area contributed by atoms with Gasteiger partial charge in [-0.3, -0.25) is 0 Å². The largest absolute Gasteiger partial charge is 0.382 e. The molecular weight excluding hydrogens is 212 g/mol. The molecule has 2 heteroatoms. The number of ether oxygens (including phenoxy) is 1. The number of hydrogen-bond acceptors (Lipinski definition) is 2. The zero-order chi connectivity index (χ0) is 12.5. The van der Waals surface area contributed by atoms with Gasteiger partial charge in [-0.2, -0.15) is 0 Å². The van der Waals surface area contributed by atoms with Gasteiger partial charge >= 0.3 is 0 Å². The van der Waals surface area contributed by atoms with Crippen LogP contribution < -0.4 is 0 Å². The quantitative estimate of drug-likeness (QED) is 0.852. The molecule has 0 aromatic heterocycles. The Morgan fingerprint density at radius 1 is 1.24 bits per heavy atom. The molecule has 0 amide bonds. The van der Waals surface area contributed by atoms with Crippen molar-refractivity contribution in [2.75, 3.05) is 7.11 Å². The fourth-order valence-corrected chi connectivity index (χ4v) is 2.78. The molecule has 2 rings (SSSR count). The third kappa shape index (κ3) is 2.24. The van der Waals surface area contributed by atoms with Gasteiger partial charge in [-0.05, 0) is 43.4 Å². The van der Waals surface area contributed by atoms with Crippen molar-refractivity contribution in [3.8, 4) is 0 Å². The predicted molar refractivity (Wildman–Crippen MR) is 69.1 cm³/mol. The van der Waals surface area contributed by atoms with Crippen LogP contribution in [0, 0.1) is 13.8 Å². The molecule has 0 radical (unpaired) electrons. The molecule has 0 heterocycles. The van der Waals surface area contributed by atoms with Crippen LogP contribution in [0.25, 0.3) is 0 Å². The first-order chi connectivity index (χ1) is 8.08. The fraction of sp³-hybridized carbons (Fsp3) is 0.600. The van der Waals surface area contributed by atoms with Gasteiger partial charge in [0.05, 0.1) is 6.10 Å². The summed E-state index contributed by atoms with van der Waals surface area (Å²) in [5.41, 5.74) is 2.71. The highest BCUT2D eigenvalue weighted by atomic mass is 16.5. The minimum absolute atomic E-state index is 0.0710. The number of methoxy groups -OCH3 is 1. The highest BCUT2D eigenvalue weighted by Crippen LogP contribution is 2.39. The Labute approximate surface area is 104 Å². The number of aliphatic hydroxyl groups is 1. The molecule has 17 heavy (non-hydrogen) atoms. The molecule has 1 aromatic carbocycles. The topological polar surface area (TPSA) is 29.5 Å². The summed E-state index contributed by atoms with van der Waals surface area (Å²) in [6, 6.07) is 6.23. The number of rotatable bonds is 2. The summed E-state index contributed by atoms with van der Waals surface area (Å²) in [4.78, 5) is 0. The van der Waals surface area contributed by atoms with Crippen LogP contribution in [0.15, 0.2) is 18.2 Å². The fourth-order valence-electron chi connectivity index (χ4n) is 2.78. The summed E-state index contributed by atoms with van der Waals surface area (Å²) >= 11 is 0. The molecule has 2 nitrogen and oxygen atoms in total. The molecule has 0 spiro atoms. The average Bonchev–Trinajstić information content (AvgIpc) is 2.33. The minimum atomic E-state index is -0.800. The Kier molecular flexibility index (Phi) is 3.55. The van der Waals surface area contributed by atoms with E-state index in [4.69, 9.17) is 4.74 Å². The van der Waals surface area contributed by atoms with Crippen LogP contribution in [-0.4, -0.2) is 18.3 Å². The Bertz CT molecular complexity index is 400. The first-order valence-electron chi connectivity index (χ1n) is 6.41. The van der Waals surface area contributed by atoms with E-state index < -0.39 is 5.60 Å². The highest BCUT2D eigenvalue weighted by molar-refractivity contribution is 5.34. The van der Waals surface area contributed by atoms with Gasteiger partial charge in [0.15, 0.2) is 0 Å². The highest BCUT2D eigenvalue weighted by Gasteiger charge is 2.40. The number of hydrogen-bond donors (Lipinski definition) is 1. The van der Waals surface area contributed by atoms with Crippen molar-refractivity contribution in [2.45, 2.75) is 51.2 Å². The summed E-state index contributed by atoms with van der Waals surface area (Å²) < 4.78 is 5.48. The van der Waals surface area contributed by atoms with Crippen molar-refractivity contribution in [3.05, 3.63) is 34.9 Å². The minimum Gasteiger partial charge on any atom is -0.382 e. The van der Waals surface area contributed by atoms with E-state index in [-0.39, 0.29) is 6.10 Å². The van der Waals surface area contributed by atoms with Crippen LogP contribution in [0.5, 0.6) is 0 Å². The van der Waals surface area contributed by atoms with Gasteiger partial charge in [0.1, 0.15) is 5.60 Å². The zero-order valence-corrected chi connectivity index (χ0v) is 11.0. The molecule has 0 bridgehead atoms. The lowest BCUT2D eigenvalue weighted by atomic mass is 9.76. The molecule has 0 aliphatic heterocycles. The first kappa shape index (κ1) is 12.6. The Balaban J connectivity index is 2.37. The Morgan fingerprint density at radius 3 is 2.65 bits per heavy atom. The van der Waals surface area contributed by atoms with Crippen molar-refractivity contribution in [2.24, 2.45) is 0 Å². The van der Waals surface area contributed by atoms with E-state index in [9.17, 15) is 5.11 Å².